The molecule has 1 aliphatic heterocycles. The number of nitrogens with one attached hydrogen (secondary N) is 3. The zero-order valence-electron chi connectivity index (χ0n) is 10.1. The van der Waals surface area contributed by atoms with Crippen LogP contribution < -0.4 is 10.6 Å². The molecule has 1 aromatic carbocycles. The van der Waals surface area contributed by atoms with Gasteiger partial charge in [-0.1, -0.05) is 17.7 Å². The number of aryl methyl sites for hydroxylation is 1. The monoisotopic (exact) mass is 258 g/mol. The Hall–Kier alpha value is -1.72. The summed E-state index contributed by atoms with van der Waals surface area (Å²) < 4.78 is 0.520. The molecule has 18 heavy (non-hydrogen) atoms. The molecule has 3 N–H and O–H groups in total. The van der Waals surface area contributed by atoms with Gasteiger partial charge in [0.2, 0.25) is 0 Å². The first-order chi connectivity index (χ1) is 8.72. The zero-order chi connectivity index (χ0) is 12.5. The molecule has 0 atom stereocenters. The maximum absolute atomic E-state index is 5.14. The molecule has 0 bridgehead atoms. The van der Waals surface area contributed by atoms with E-state index < -0.39 is 0 Å². The lowest BCUT2D eigenvalue weighted by Crippen LogP contribution is -2.02. The van der Waals surface area contributed by atoms with E-state index in [0.29, 0.717) is 4.77 Å². The second kappa shape index (κ2) is 4.51. The molecular weight excluding hydrogens is 244 g/mol. The van der Waals surface area contributed by atoms with Gasteiger partial charge in [-0.05, 0) is 31.3 Å². The number of anilines is 2. The van der Waals surface area contributed by atoms with Gasteiger partial charge < -0.3 is 15.6 Å². The van der Waals surface area contributed by atoms with Gasteiger partial charge in [-0.25, -0.2) is 4.98 Å². The number of rotatable bonds is 2. The summed E-state index contributed by atoms with van der Waals surface area (Å²) >= 11 is 5.14. The van der Waals surface area contributed by atoms with Crippen molar-refractivity contribution in [3.05, 3.63) is 45.9 Å². The van der Waals surface area contributed by atoms with E-state index in [9.17, 15) is 0 Å². The van der Waals surface area contributed by atoms with E-state index in [1.54, 1.807) is 0 Å². The number of nitrogens with zero attached hydrogens (tertiary/aromatic N) is 1. The van der Waals surface area contributed by atoms with Crippen molar-refractivity contribution in [2.45, 2.75) is 20.0 Å². The van der Waals surface area contributed by atoms with E-state index in [-0.39, 0.29) is 0 Å². The van der Waals surface area contributed by atoms with Crippen LogP contribution in [0.3, 0.4) is 0 Å². The molecule has 0 aliphatic carbocycles. The third kappa shape index (κ3) is 2.14. The molecule has 2 heterocycles. The third-order valence-electron chi connectivity index (χ3n) is 3.04. The van der Waals surface area contributed by atoms with Crippen molar-refractivity contribution in [3.8, 4) is 0 Å². The minimum absolute atomic E-state index is 0.520. The highest BCUT2D eigenvalue weighted by Gasteiger charge is 2.16. The molecule has 1 aromatic heterocycles. The fourth-order valence-corrected chi connectivity index (χ4v) is 2.29. The summed E-state index contributed by atoms with van der Waals surface area (Å²) in [6.07, 6.45) is 0. The fraction of sp³-hybridized carbons (Fsp3) is 0.231. The lowest BCUT2D eigenvalue weighted by molar-refractivity contribution is 0.757. The number of H-pyrrole nitrogens is 1. The van der Waals surface area contributed by atoms with Gasteiger partial charge in [-0.15, -0.1) is 0 Å². The Bertz CT molecular complexity index is 630. The Morgan fingerprint density at radius 1 is 1.22 bits per heavy atom. The number of hydrogen-bond donors (Lipinski definition) is 3. The van der Waals surface area contributed by atoms with Gasteiger partial charge in [0.1, 0.15) is 5.82 Å². The maximum atomic E-state index is 5.14. The average molecular weight is 258 g/mol. The molecule has 0 radical (unpaired) electrons. The fourth-order valence-electron chi connectivity index (χ4n) is 2.08. The maximum Gasteiger partial charge on any atom is 0.199 e. The topological polar surface area (TPSA) is 52.7 Å². The van der Waals surface area contributed by atoms with Crippen molar-refractivity contribution in [3.63, 3.8) is 0 Å². The molecule has 92 valence electrons. The molecule has 0 amide bonds. The predicted molar refractivity (Wildman–Crippen MR) is 74.4 cm³/mol. The van der Waals surface area contributed by atoms with Crippen LogP contribution >= 0.6 is 12.2 Å². The predicted octanol–water partition coefficient (Wildman–Crippen LogP) is 2.79. The normalized spacial score (nSPS) is 13.4. The standard InChI is InChI=1S/C13H14N4S/c1-8-2-4-9(5-3-8)15-12-10-6-14-7-11(10)16-13(18)17-12/h2-5,14H,6-7H2,1H3,(H2,15,16,17,18). The van der Waals surface area contributed by atoms with Gasteiger partial charge in [0.05, 0.1) is 0 Å². The Kier molecular flexibility index (Phi) is 2.85. The quantitative estimate of drug-likeness (QED) is 0.725. The van der Waals surface area contributed by atoms with Crippen LogP contribution in [0.15, 0.2) is 24.3 Å². The van der Waals surface area contributed by atoms with Crippen LogP contribution in [0.1, 0.15) is 16.8 Å². The van der Waals surface area contributed by atoms with E-state index in [1.807, 2.05) is 12.1 Å². The lowest BCUT2D eigenvalue weighted by atomic mass is 10.2. The van der Waals surface area contributed by atoms with E-state index in [4.69, 9.17) is 12.2 Å². The summed E-state index contributed by atoms with van der Waals surface area (Å²) in [5.74, 6) is 0.850. The van der Waals surface area contributed by atoms with Crippen LogP contribution in [0, 0.1) is 11.7 Å². The highest BCUT2D eigenvalue weighted by atomic mass is 32.1. The highest BCUT2D eigenvalue weighted by molar-refractivity contribution is 7.71. The van der Waals surface area contributed by atoms with E-state index in [0.717, 1.165) is 30.3 Å². The number of benzene rings is 1. The summed E-state index contributed by atoms with van der Waals surface area (Å²) in [7, 11) is 0. The zero-order valence-corrected chi connectivity index (χ0v) is 10.9. The van der Waals surface area contributed by atoms with Crippen molar-refractivity contribution in [1.29, 1.82) is 0 Å². The minimum Gasteiger partial charge on any atom is -0.340 e. The first-order valence-electron chi connectivity index (χ1n) is 5.89. The lowest BCUT2D eigenvalue weighted by Gasteiger charge is -2.09. The van der Waals surface area contributed by atoms with Crippen LogP contribution in [0.25, 0.3) is 0 Å². The third-order valence-corrected chi connectivity index (χ3v) is 3.23. The molecule has 5 heteroatoms. The molecule has 0 fully saturated rings. The van der Waals surface area contributed by atoms with Crippen LogP contribution in [-0.2, 0) is 13.1 Å². The largest absolute Gasteiger partial charge is 0.340 e. The molecule has 0 saturated heterocycles. The second-order valence-electron chi connectivity index (χ2n) is 4.44. The number of hydrogen-bond acceptors (Lipinski definition) is 4. The average Bonchev–Trinajstić information content (AvgIpc) is 2.80. The van der Waals surface area contributed by atoms with Gasteiger partial charge in [0, 0.05) is 30.0 Å². The number of aromatic amines is 1. The summed E-state index contributed by atoms with van der Waals surface area (Å²) in [5.41, 5.74) is 4.57. The van der Waals surface area contributed by atoms with Crippen molar-refractivity contribution >= 4 is 23.7 Å². The van der Waals surface area contributed by atoms with Gasteiger partial charge in [-0.3, -0.25) is 0 Å². The van der Waals surface area contributed by atoms with Gasteiger partial charge in [-0.2, -0.15) is 0 Å². The van der Waals surface area contributed by atoms with Crippen LogP contribution in [0.2, 0.25) is 0 Å². The molecule has 4 nitrogen and oxygen atoms in total. The Balaban J connectivity index is 1.98. The van der Waals surface area contributed by atoms with Crippen molar-refractivity contribution in [2.24, 2.45) is 0 Å². The van der Waals surface area contributed by atoms with E-state index in [2.05, 4.69) is 39.7 Å². The van der Waals surface area contributed by atoms with Gasteiger partial charge in [0.25, 0.3) is 0 Å². The first-order valence-corrected chi connectivity index (χ1v) is 6.30. The van der Waals surface area contributed by atoms with Crippen molar-refractivity contribution < 1.29 is 0 Å². The van der Waals surface area contributed by atoms with Crippen molar-refractivity contribution in [1.82, 2.24) is 15.3 Å². The molecule has 3 rings (SSSR count). The summed E-state index contributed by atoms with van der Waals surface area (Å²) in [6.45, 7) is 3.72. The summed E-state index contributed by atoms with van der Waals surface area (Å²) in [6, 6.07) is 8.24. The minimum atomic E-state index is 0.520. The molecule has 1 aliphatic rings. The van der Waals surface area contributed by atoms with Crippen LogP contribution in [0.4, 0.5) is 11.5 Å². The smallest absolute Gasteiger partial charge is 0.199 e. The second-order valence-corrected chi connectivity index (χ2v) is 4.83. The molecule has 2 aromatic rings. The Labute approximate surface area is 110 Å². The SMILES string of the molecule is Cc1ccc(Nc2nc(=S)[nH]c3c2CNC3)cc1. The highest BCUT2D eigenvalue weighted by Crippen LogP contribution is 2.23. The van der Waals surface area contributed by atoms with Gasteiger partial charge >= 0.3 is 0 Å². The number of fused-ring (bicyclic) bond motifs is 1. The first kappa shape index (κ1) is 11.4. The Morgan fingerprint density at radius 2 is 2.00 bits per heavy atom. The van der Waals surface area contributed by atoms with Crippen LogP contribution in [-0.4, -0.2) is 9.97 Å². The molecule has 0 saturated carbocycles. The van der Waals surface area contributed by atoms with E-state index in [1.165, 1.54) is 11.1 Å². The summed E-state index contributed by atoms with van der Waals surface area (Å²) in [5, 5.41) is 6.63. The molecular formula is C13H14N4S. The molecule has 0 spiro atoms. The van der Waals surface area contributed by atoms with Gasteiger partial charge in [0.15, 0.2) is 4.77 Å². The van der Waals surface area contributed by atoms with Crippen molar-refractivity contribution in [2.75, 3.05) is 5.32 Å². The number of aromatic nitrogens is 2. The van der Waals surface area contributed by atoms with Crippen LogP contribution in [0.5, 0.6) is 0 Å². The van der Waals surface area contributed by atoms with E-state index >= 15 is 0 Å². The Morgan fingerprint density at radius 3 is 2.78 bits per heavy atom. The molecule has 0 unspecified atom stereocenters. The summed E-state index contributed by atoms with van der Waals surface area (Å²) in [4.78, 5) is 7.49.